The van der Waals surface area contributed by atoms with E-state index in [1.54, 1.807) is 16.7 Å². The summed E-state index contributed by atoms with van der Waals surface area (Å²) in [5.41, 5.74) is 0.515. The number of aromatic carboxylic acids is 1. The van der Waals surface area contributed by atoms with Crippen LogP contribution in [0, 0.1) is 0 Å². The van der Waals surface area contributed by atoms with E-state index in [1.165, 1.54) is 0 Å². The molecule has 2 aromatic rings. The molecule has 6 nitrogen and oxygen atoms in total. The van der Waals surface area contributed by atoms with E-state index < -0.39 is 5.97 Å². The first-order valence-corrected chi connectivity index (χ1v) is 7.00. The molecule has 1 fully saturated rings. The number of pyridine rings is 1. The molecule has 0 radical (unpaired) electrons. The zero-order valence-corrected chi connectivity index (χ0v) is 12.4. The van der Waals surface area contributed by atoms with Gasteiger partial charge in [-0.1, -0.05) is 6.07 Å². The van der Waals surface area contributed by atoms with Gasteiger partial charge in [0.15, 0.2) is 11.5 Å². The van der Waals surface area contributed by atoms with Gasteiger partial charge >= 0.3 is 5.97 Å². The third kappa shape index (κ3) is 2.47. The van der Waals surface area contributed by atoms with E-state index in [1.807, 2.05) is 37.8 Å². The monoisotopic (exact) mass is 289 g/mol. The number of aromatic nitrogens is 2. The average molecular weight is 289 g/mol. The van der Waals surface area contributed by atoms with Gasteiger partial charge in [0.2, 0.25) is 0 Å². The number of rotatable bonds is 2. The molecule has 1 aliphatic rings. The van der Waals surface area contributed by atoms with Crippen LogP contribution in [0.3, 0.4) is 0 Å². The highest BCUT2D eigenvalue weighted by atomic mass is 16.5. The fraction of sp³-hybridized carbons (Fsp3) is 0.467. The second-order valence-electron chi connectivity index (χ2n) is 6.09. The molecule has 1 aliphatic heterocycles. The van der Waals surface area contributed by atoms with Gasteiger partial charge in [-0.05, 0) is 32.9 Å². The standard InChI is InChI=1S/C15H19N3O3/c1-10-8-17(9-15(2,3)21-10)13-12(14(19)20)18-7-5-4-6-11(18)16-13/h4-7,10H,8-9H2,1-3H3,(H,19,20). The zero-order valence-electron chi connectivity index (χ0n) is 12.4. The quantitative estimate of drug-likeness (QED) is 0.916. The van der Waals surface area contributed by atoms with Crippen molar-refractivity contribution < 1.29 is 14.6 Å². The van der Waals surface area contributed by atoms with Gasteiger partial charge in [0.05, 0.1) is 11.7 Å². The molecule has 2 aromatic heterocycles. The molecule has 0 aliphatic carbocycles. The summed E-state index contributed by atoms with van der Waals surface area (Å²) in [7, 11) is 0. The van der Waals surface area contributed by atoms with Gasteiger partial charge in [-0.15, -0.1) is 0 Å². The van der Waals surface area contributed by atoms with Crippen LogP contribution in [-0.2, 0) is 4.74 Å². The minimum absolute atomic E-state index is 0.0280. The van der Waals surface area contributed by atoms with Gasteiger partial charge in [-0.25, -0.2) is 9.78 Å². The number of fused-ring (bicyclic) bond motifs is 1. The van der Waals surface area contributed by atoms with E-state index in [4.69, 9.17) is 4.74 Å². The lowest BCUT2D eigenvalue weighted by atomic mass is 10.1. The molecule has 0 aromatic carbocycles. The normalized spacial score (nSPS) is 21.7. The molecule has 21 heavy (non-hydrogen) atoms. The van der Waals surface area contributed by atoms with Crippen molar-refractivity contribution >= 4 is 17.4 Å². The van der Waals surface area contributed by atoms with E-state index in [0.717, 1.165) is 0 Å². The molecule has 1 saturated heterocycles. The van der Waals surface area contributed by atoms with Crippen molar-refractivity contribution in [1.29, 1.82) is 0 Å². The highest BCUT2D eigenvalue weighted by molar-refractivity contribution is 5.93. The summed E-state index contributed by atoms with van der Waals surface area (Å²) in [5, 5.41) is 9.56. The topological polar surface area (TPSA) is 67.1 Å². The van der Waals surface area contributed by atoms with Gasteiger partial charge in [-0.2, -0.15) is 0 Å². The van der Waals surface area contributed by atoms with Gasteiger partial charge < -0.3 is 14.7 Å². The molecule has 0 saturated carbocycles. The van der Waals surface area contributed by atoms with Crippen LogP contribution in [0.1, 0.15) is 31.3 Å². The number of hydrogen-bond donors (Lipinski definition) is 1. The molecule has 0 amide bonds. The number of nitrogens with zero attached hydrogens (tertiary/aromatic N) is 3. The third-order valence-electron chi connectivity index (χ3n) is 3.58. The van der Waals surface area contributed by atoms with Crippen molar-refractivity contribution in [1.82, 2.24) is 9.38 Å². The highest BCUT2D eigenvalue weighted by Gasteiger charge is 2.34. The van der Waals surface area contributed by atoms with Crippen molar-refractivity contribution in [3.63, 3.8) is 0 Å². The van der Waals surface area contributed by atoms with Crippen LogP contribution in [0.25, 0.3) is 5.65 Å². The predicted molar refractivity (Wildman–Crippen MR) is 79.0 cm³/mol. The first-order chi connectivity index (χ1) is 9.87. The average Bonchev–Trinajstić information content (AvgIpc) is 2.75. The summed E-state index contributed by atoms with van der Waals surface area (Å²) < 4.78 is 7.49. The van der Waals surface area contributed by atoms with Crippen LogP contribution in [0.5, 0.6) is 0 Å². The lowest BCUT2D eigenvalue weighted by Crippen LogP contribution is -2.52. The maximum Gasteiger partial charge on any atom is 0.356 e. The lowest BCUT2D eigenvalue weighted by molar-refractivity contribution is -0.0752. The second-order valence-corrected chi connectivity index (χ2v) is 6.09. The number of anilines is 1. The van der Waals surface area contributed by atoms with E-state index >= 15 is 0 Å². The Hall–Kier alpha value is -2.08. The first-order valence-electron chi connectivity index (χ1n) is 7.00. The molecule has 1 atom stereocenters. The van der Waals surface area contributed by atoms with Gasteiger partial charge in [0.25, 0.3) is 0 Å². The largest absolute Gasteiger partial charge is 0.476 e. The number of hydrogen-bond acceptors (Lipinski definition) is 4. The Morgan fingerprint density at radius 2 is 2.24 bits per heavy atom. The van der Waals surface area contributed by atoms with Crippen molar-refractivity contribution in [2.45, 2.75) is 32.5 Å². The summed E-state index contributed by atoms with van der Waals surface area (Å²) in [5.74, 6) is -0.461. The Morgan fingerprint density at radius 3 is 2.90 bits per heavy atom. The molecule has 3 heterocycles. The Morgan fingerprint density at radius 1 is 1.48 bits per heavy atom. The van der Waals surface area contributed by atoms with Gasteiger partial charge in [0.1, 0.15) is 5.65 Å². The molecule has 1 unspecified atom stereocenters. The second kappa shape index (κ2) is 4.73. The van der Waals surface area contributed by atoms with Gasteiger partial charge in [-0.3, -0.25) is 4.40 Å². The SMILES string of the molecule is CC1CN(c2nc3ccccn3c2C(=O)O)CC(C)(C)O1. The lowest BCUT2D eigenvalue weighted by Gasteiger charge is -2.42. The van der Waals surface area contributed by atoms with Crippen molar-refractivity contribution in [3.8, 4) is 0 Å². The van der Waals surface area contributed by atoms with Crippen LogP contribution < -0.4 is 4.90 Å². The molecular weight excluding hydrogens is 270 g/mol. The number of morpholine rings is 1. The number of carboxylic acids is 1. The molecule has 3 rings (SSSR count). The van der Waals surface area contributed by atoms with E-state index in [9.17, 15) is 9.90 Å². The minimum atomic E-state index is -0.972. The summed E-state index contributed by atoms with van der Waals surface area (Å²) in [4.78, 5) is 18.2. The third-order valence-corrected chi connectivity index (χ3v) is 3.58. The molecule has 0 spiro atoms. The summed E-state index contributed by atoms with van der Waals surface area (Å²) in [6.07, 6.45) is 1.75. The molecule has 0 bridgehead atoms. The van der Waals surface area contributed by atoms with Crippen molar-refractivity contribution in [2.75, 3.05) is 18.0 Å². The number of imidazole rings is 1. The Balaban J connectivity index is 2.11. The Bertz CT molecular complexity index is 693. The van der Waals surface area contributed by atoms with Crippen molar-refractivity contribution in [3.05, 3.63) is 30.1 Å². The van der Waals surface area contributed by atoms with Crippen LogP contribution >= 0.6 is 0 Å². The molecule has 112 valence electrons. The number of carboxylic acid groups (broad SMARTS) is 1. The molecule has 6 heteroatoms. The fourth-order valence-electron chi connectivity index (χ4n) is 3.02. The Kier molecular flexibility index (Phi) is 3.13. The highest BCUT2D eigenvalue weighted by Crippen LogP contribution is 2.28. The van der Waals surface area contributed by atoms with Gasteiger partial charge in [0, 0.05) is 19.3 Å². The number of ether oxygens (including phenoxy) is 1. The zero-order chi connectivity index (χ0) is 15.2. The van der Waals surface area contributed by atoms with Crippen LogP contribution in [0.4, 0.5) is 5.82 Å². The Labute approximate surface area is 123 Å². The fourth-order valence-corrected chi connectivity index (χ4v) is 3.02. The minimum Gasteiger partial charge on any atom is -0.476 e. The number of carbonyl (C=O) groups is 1. The van der Waals surface area contributed by atoms with E-state index in [-0.39, 0.29) is 17.4 Å². The van der Waals surface area contributed by atoms with E-state index in [2.05, 4.69) is 4.98 Å². The maximum atomic E-state index is 11.7. The van der Waals surface area contributed by atoms with Crippen LogP contribution in [-0.4, -0.2) is 45.3 Å². The van der Waals surface area contributed by atoms with Crippen molar-refractivity contribution in [2.24, 2.45) is 0 Å². The van der Waals surface area contributed by atoms with E-state index in [0.29, 0.717) is 24.6 Å². The first kappa shape index (κ1) is 13.9. The van der Waals surface area contributed by atoms with Crippen LogP contribution in [0.15, 0.2) is 24.4 Å². The molecule has 1 N–H and O–H groups in total. The summed E-state index contributed by atoms with van der Waals surface area (Å²) in [6.45, 7) is 7.25. The van der Waals surface area contributed by atoms with Crippen LogP contribution in [0.2, 0.25) is 0 Å². The maximum absolute atomic E-state index is 11.7. The summed E-state index contributed by atoms with van der Waals surface area (Å²) >= 11 is 0. The smallest absolute Gasteiger partial charge is 0.356 e. The molecular formula is C15H19N3O3. The summed E-state index contributed by atoms with van der Waals surface area (Å²) in [6, 6.07) is 5.46. The predicted octanol–water partition coefficient (Wildman–Crippen LogP) is 2.04.